The number of nitrogens with zero attached hydrogens (tertiary/aromatic N) is 5. The summed E-state index contributed by atoms with van der Waals surface area (Å²) >= 11 is 6.03. The van der Waals surface area contributed by atoms with Crippen molar-refractivity contribution in [2.45, 2.75) is 19.3 Å². The first-order valence-electron chi connectivity index (χ1n) is 12.6. The number of anilines is 1. The number of carbonyl (C=O) groups is 1. The number of aryl methyl sites for hydroxylation is 1. The number of methoxy groups -OCH3 is 1. The summed E-state index contributed by atoms with van der Waals surface area (Å²) < 4.78 is 70.5. The maximum absolute atomic E-state index is 15.4. The molecule has 0 aliphatic rings. The van der Waals surface area contributed by atoms with Gasteiger partial charge in [-0.15, -0.1) is 22.6 Å². The molecule has 0 fully saturated rings. The fraction of sp³-hybridized carbons (Fsp3) is 0.214. The first kappa shape index (κ1) is 32.4. The van der Waals surface area contributed by atoms with E-state index in [1.54, 1.807) is 18.2 Å². The topological polar surface area (TPSA) is 107 Å². The lowest BCUT2D eigenvalue weighted by atomic mass is 9.99. The predicted octanol–water partition coefficient (Wildman–Crippen LogP) is 5.61. The van der Waals surface area contributed by atoms with E-state index in [2.05, 4.69) is 15.2 Å². The zero-order chi connectivity index (χ0) is 31.1. The molecule has 5 rings (SSSR count). The Morgan fingerprint density at radius 1 is 1.16 bits per heavy atom. The number of imidazole rings is 1. The molecule has 0 unspecified atom stereocenters. The summed E-state index contributed by atoms with van der Waals surface area (Å²) in [4.78, 5) is 30.5. The van der Waals surface area contributed by atoms with Gasteiger partial charge in [-0.25, -0.2) is 9.18 Å². The van der Waals surface area contributed by atoms with Gasteiger partial charge in [0.15, 0.2) is 23.1 Å². The molecule has 0 spiro atoms. The van der Waals surface area contributed by atoms with Gasteiger partial charge in [0.2, 0.25) is 5.91 Å². The Bertz CT molecular complexity index is 1890. The molecule has 10 nitrogen and oxygen atoms in total. The summed E-state index contributed by atoms with van der Waals surface area (Å²) in [5, 5.41) is 7.74. The van der Waals surface area contributed by atoms with E-state index >= 15 is 4.39 Å². The molecule has 16 heteroatoms. The highest BCUT2D eigenvalue weighted by atomic mass is 35.5. The van der Waals surface area contributed by atoms with Gasteiger partial charge >= 0.3 is 11.9 Å². The minimum Gasteiger partial charge on any atom is -0.493 e. The lowest BCUT2D eigenvalue weighted by molar-refractivity contribution is -0.137. The zero-order valence-electron chi connectivity index (χ0n) is 23.3. The van der Waals surface area contributed by atoms with Gasteiger partial charge in [-0.05, 0) is 48.0 Å². The monoisotopic (exact) mass is 654 g/mol. The lowest BCUT2D eigenvalue weighted by Crippen LogP contribution is -2.34. The molecule has 0 atom stereocenters. The predicted molar refractivity (Wildman–Crippen MR) is 157 cm³/mol. The number of hydrogen-bond acceptors (Lipinski definition) is 6. The Kier molecular flexibility index (Phi) is 9.25. The number of rotatable bonds is 8. The fourth-order valence-electron chi connectivity index (χ4n) is 4.62. The lowest BCUT2D eigenvalue weighted by Gasteiger charge is -2.18. The summed E-state index contributed by atoms with van der Waals surface area (Å²) in [5.41, 5.74) is -1.68. The van der Waals surface area contributed by atoms with Crippen LogP contribution >= 0.6 is 24.0 Å². The molecule has 0 aliphatic carbocycles. The van der Waals surface area contributed by atoms with Crippen LogP contribution in [0.5, 0.6) is 11.5 Å². The second-order valence-electron chi connectivity index (χ2n) is 9.46. The number of ether oxygens (including phenoxy) is 2. The minimum atomic E-state index is -4.83. The van der Waals surface area contributed by atoms with Crippen molar-refractivity contribution in [3.63, 3.8) is 0 Å². The van der Waals surface area contributed by atoms with Gasteiger partial charge in [0.1, 0.15) is 19.5 Å². The van der Waals surface area contributed by atoms with Crippen molar-refractivity contribution in [1.29, 1.82) is 0 Å². The number of nitrogens with one attached hydrogen (secondary N) is 1. The van der Waals surface area contributed by atoms with Crippen molar-refractivity contribution in [3.8, 4) is 22.6 Å². The zero-order valence-corrected chi connectivity index (χ0v) is 24.8. The molecule has 0 saturated carbocycles. The number of fused-ring (bicyclic) bond motifs is 1. The molecule has 0 radical (unpaired) electrons. The van der Waals surface area contributed by atoms with E-state index < -0.39 is 35.7 Å². The number of H-pyrrole nitrogens is 1. The Morgan fingerprint density at radius 2 is 1.91 bits per heavy atom. The number of aromatic amines is 1. The summed E-state index contributed by atoms with van der Waals surface area (Å²) in [6, 6.07) is 10.3. The third-order valence-corrected chi connectivity index (χ3v) is 7.02. The molecular formula is C28H24Cl2F4N6O4. The van der Waals surface area contributed by atoms with E-state index in [-0.39, 0.29) is 52.7 Å². The summed E-state index contributed by atoms with van der Waals surface area (Å²) in [6.07, 6.45) is -3.52. The number of hydrogen-bond donors (Lipinski definition) is 1. The third kappa shape index (κ3) is 6.21. The van der Waals surface area contributed by atoms with E-state index in [9.17, 15) is 22.8 Å². The van der Waals surface area contributed by atoms with Gasteiger partial charge < -0.3 is 19.4 Å². The van der Waals surface area contributed by atoms with Crippen molar-refractivity contribution >= 4 is 46.6 Å². The number of likely N-dealkylation sites (N-methyl/N-ethyl adjacent to an activating group) is 1. The average molecular weight is 655 g/mol. The van der Waals surface area contributed by atoms with Crippen molar-refractivity contribution in [2.24, 2.45) is 7.05 Å². The number of halogens is 6. The Morgan fingerprint density at radius 3 is 2.55 bits per heavy atom. The van der Waals surface area contributed by atoms with E-state index in [4.69, 9.17) is 21.1 Å². The third-order valence-electron chi connectivity index (χ3n) is 6.79. The van der Waals surface area contributed by atoms with Crippen molar-refractivity contribution < 1.29 is 31.8 Å². The number of alkyl halides is 3. The summed E-state index contributed by atoms with van der Waals surface area (Å²) in [7, 11) is 4.05. The molecule has 2 heterocycles. The van der Waals surface area contributed by atoms with Gasteiger partial charge in [0.25, 0.3) is 0 Å². The van der Waals surface area contributed by atoms with Gasteiger partial charge in [0.05, 0.1) is 23.7 Å². The SMILES string of the molecule is COc1cc(-c2cc(C(F)(F)F)cc3c2n(C)c(=O)n3CC(=O)N(C)c2cccc(Cl)c2)cc(F)c1OCc1nnc[nH]1.Cl. The Balaban J connectivity index is 0.00000442. The van der Waals surface area contributed by atoms with Crippen LogP contribution in [-0.4, -0.2) is 44.4 Å². The van der Waals surface area contributed by atoms with Crippen LogP contribution in [0, 0.1) is 5.82 Å². The molecule has 0 bridgehead atoms. The summed E-state index contributed by atoms with van der Waals surface area (Å²) in [5.74, 6) is -1.62. The molecule has 1 amide bonds. The highest BCUT2D eigenvalue weighted by molar-refractivity contribution is 6.30. The number of carbonyl (C=O) groups excluding carboxylic acids is 1. The van der Waals surface area contributed by atoms with Crippen molar-refractivity contribution in [2.75, 3.05) is 19.1 Å². The van der Waals surface area contributed by atoms with E-state index in [1.165, 1.54) is 44.6 Å². The molecule has 44 heavy (non-hydrogen) atoms. The van der Waals surface area contributed by atoms with Crippen LogP contribution in [-0.2, 0) is 31.2 Å². The Labute approximate surface area is 258 Å². The van der Waals surface area contributed by atoms with E-state index in [0.29, 0.717) is 16.5 Å². The van der Waals surface area contributed by atoms with Crippen molar-refractivity contribution in [1.82, 2.24) is 24.3 Å². The molecule has 1 N–H and O–H groups in total. The molecule has 2 aromatic heterocycles. The highest BCUT2D eigenvalue weighted by Crippen LogP contribution is 2.41. The number of aromatic nitrogens is 5. The maximum Gasteiger partial charge on any atom is 0.416 e. The first-order chi connectivity index (χ1) is 20.4. The smallest absolute Gasteiger partial charge is 0.416 e. The Hall–Kier alpha value is -4.56. The van der Waals surface area contributed by atoms with E-state index in [1.807, 2.05) is 0 Å². The van der Waals surface area contributed by atoms with Gasteiger partial charge in [-0.2, -0.15) is 13.2 Å². The van der Waals surface area contributed by atoms with Gasteiger partial charge in [-0.3, -0.25) is 13.9 Å². The van der Waals surface area contributed by atoms with Crippen LogP contribution in [0.2, 0.25) is 5.02 Å². The average Bonchev–Trinajstić information content (AvgIpc) is 3.57. The second kappa shape index (κ2) is 12.6. The highest BCUT2D eigenvalue weighted by Gasteiger charge is 2.33. The quantitative estimate of drug-likeness (QED) is 0.218. The fourth-order valence-corrected chi connectivity index (χ4v) is 4.81. The van der Waals surface area contributed by atoms with Gasteiger partial charge in [-0.1, -0.05) is 17.7 Å². The summed E-state index contributed by atoms with van der Waals surface area (Å²) in [6.45, 7) is -0.762. The maximum atomic E-state index is 15.4. The van der Waals surface area contributed by atoms with Crippen LogP contribution in [0.1, 0.15) is 11.4 Å². The van der Waals surface area contributed by atoms with Crippen LogP contribution in [0.15, 0.2) is 59.7 Å². The molecule has 232 valence electrons. The first-order valence-corrected chi connectivity index (χ1v) is 12.9. The standard InChI is InChI=1S/C28H23ClF4N6O4.ClH/c1-37(18-6-4-5-17(29)11-18)24(40)12-39-21-10-16(28(31,32)33)9-19(25(21)38(2)27(39)41)15-7-20(30)26(22(8-15)42-3)43-13-23-34-14-35-36-23;/h4-11,14H,12-13H2,1-3H3,(H,34,35,36);1H. The van der Waals surface area contributed by atoms with Crippen LogP contribution < -0.4 is 20.1 Å². The van der Waals surface area contributed by atoms with Crippen LogP contribution in [0.4, 0.5) is 23.2 Å². The van der Waals surface area contributed by atoms with E-state index in [0.717, 1.165) is 27.3 Å². The molecule has 3 aromatic carbocycles. The largest absolute Gasteiger partial charge is 0.493 e. The number of amides is 1. The number of benzene rings is 3. The van der Waals surface area contributed by atoms with Gasteiger partial charge in [0, 0.05) is 30.4 Å². The van der Waals surface area contributed by atoms with Crippen LogP contribution in [0.3, 0.4) is 0 Å². The minimum absolute atomic E-state index is 0. The van der Waals surface area contributed by atoms with Crippen molar-refractivity contribution in [3.05, 3.63) is 87.6 Å². The second-order valence-corrected chi connectivity index (χ2v) is 9.90. The normalized spacial score (nSPS) is 11.4. The molecule has 5 aromatic rings. The molecule has 0 aliphatic heterocycles. The van der Waals surface area contributed by atoms with Crippen LogP contribution in [0.25, 0.3) is 22.2 Å². The molecular weight excluding hydrogens is 631 g/mol. The molecule has 0 saturated heterocycles.